The number of nitrogens with one attached hydrogen (secondary N) is 1. The Morgan fingerprint density at radius 3 is 3.09 bits per heavy atom. The molecule has 0 aliphatic rings. The van der Waals surface area contributed by atoms with Crippen molar-refractivity contribution in [1.82, 2.24) is 10.2 Å². The molecule has 0 unspecified atom stereocenters. The summed E-state index contributed by atoms with van der Waals surface area (Å²) in [6.07, 6.45) is 1.62. The van der Waals surface area contributed by atoms with Crippen molar-refractivity contribution < 1.29 is 4.39 Å². The summed E-state index contributed by atoms with van der Waals surface area (Å²) < 4.78 is 13.0. The van der Waals surface area contributed by atoms with Gasteiger partial charge in [0.25, 0.3) is 0 Å². The second-order valence-corrected chi connectivity index (χ2v) is 2.58. The number of hydrogen-bond acceptors (Lipinski definition) is 1. The van der Waals surface area contributed by atoms with Gasteiger partial charge in [-0.3, -0.25) is 5.10 Å². The van der Waals surface area contributed by atoms with Gasteiger partial charge in [0.05, 0.1) is 6.20 Å². The summed E-state index contributed by atoms with van der Waals surface area (Å²) in [4.78, 5) is 0. The zero-order valence-electron chi connectivity index (χ0n) is 6.06. The Labute approximate surface area is 63.0 Å². The molecule has 3 heteroatoms. The number of nitrogens with zero attached hydrogens (tertiary/aromatic N) is 1. The molecule has 0 bridgehead atoms. The van der Waals surface area contributed by atoms with Gasteiger partial charge in [-0.15, -0.1) is 0 Å². The highest BCUT2D eigenvalue weighted by molar-refractivity contribution is 5.79. The highest BCUT2D eigenvalue weighted by Gasteiger charge is 2.01. The Morgan fingerprint density at radius 2 is 2.27 bits per heavy atom. The van der Waals surface area contributed by atoms with E-state index in [2.05, 4.69) is 10.2 Å². The fraction of sp³-hybridized carbons (Fsp3) is 0.125. The van der Waals surface area contributed by atoms with Crippen LogP contribution in [0, 0.1) is 12.7 Å². The average molecular weight is 150 g/mol. The number of benzene rings is 1. The molecule has 0 fully saturated rings. The van der Waals surface area contributed by atoms with E-state index in [0.717, 1.165) is 10.9 Å². The summed E-state index contributed by atoms with van der Waals surface area (Å²) in [7, 11) is 0. The van der Waals surface area contributed by atoms with Crippen LogP contribution in [0.5, 0.6) is 0 Å². The first-order chi connectivity index (χ1) is 5.27. The fourth-order valence-electron chi connectivity index (χ4n) is 1.16. The molecule has 1 aromatic carbocycles. The van der Waals surface area contributed by atoms with Crippen LogP contribution in [0.3, 0.4) is 0 Å². The number of hydrogen-bond donors (Lipinski definition) is 1. The van der Waals surface area contributed by atoms with Crippen molar-refractivity contribution in [3.8, 4) is 0 Å². The largest absolute Gasteiger partial charge is 0.275 e. The number of aromatic amines is 1. The van der Waals surface area contributed by atoms with Crippen molar-refractivity contribution in [2.45, 2.75) is 6.92 Å². The third-order valence-electron chi connectivity index (χ3n) is 1.65. The van der Waals surface area contributed by atoms with Crippen molar-refractivity contribution in [1.29, 1.82) is 0 Å². The number of aromatic nitrogens is 2. The van der Waals surface area contributed by atoms with E-state index in [4.69, 9.17) is 0 Å². The molecule has 0 atom stereocenters. The first-order valence-electron chi connectivity index (χ1n) is 3.36. The van der Waals surface area contributed by atoms with Crippen LogP contribution < -0.4 is 0 Å². The molecule has 0 aliphatic heterocycles. The molecule has 2 rings (SSSR count). The molecule has 0 saturated carbocycles. The quantitative estimate of drug-likeness (QED) is 0.611. The second-order valence-electron chi connectivity index (χ2n) is 2.58. The Kier molecular flexibility index (Phi) is 1.18. The second kappa shape index (κ2) is 2.05. The number of fused-ring (bicyclic) bond motifs is 1. The van der Waals surface area contributed by atoms with Crippen molar-refractivity contribution >= 4 is 10.9 Å². The zero-order valence-corrected chi connectivity index (χ0v) is 6.06. The zero-order chi connectivity index (χ0) is 7.84. The van der Waals surface area contributed by atoms with Crippen molar-refractivity contribution in [3.05, 3.63) is 29.7 Å². The molecule has 1 N–H and O–H groups in total. The van der Waals surface area contributed by atoms with Crippen LogP contribution in [0.2, 0.25) is 0 Å². The molecule has 2 aromatic rings. The lowest BCUT2D eigenvalue weighted by molar-refractivity contribution is 0.635. The van der Waals surface area contributed by atoms with E-state index < -0.39 is 0 Å². The Hall–Kier alpha value is -1.38. The molecule has 1 aromatic heterocycles. The lowest BCUT2D eigenvalue weighted by atomic mass is 10.2. The van der Waals surface area contributed by atoms with E-state index in [1.165, 1.54) is 6.07 Å². The third-order valence-corrected chi connectivity index (χ3v) is 1.65. The van der Waals surface area contributed by atoms with Crippen LogP contribution in [0.15, 0.2) is 18.3 Å². The van der Waals surface area contributed by atoms with E-state index in [1.807, 2.05) is 13.0 Å². The molecule has 0 aliphatic carbocycles. The van der Waals surface area contributed by atoms with Crippen LogP contribution in [-0.2, 0) is 0 Å². The van der Waals surface area contributed by atoms with E-state index in [9.17, 15) is 4.39 Å². The van der Waals surface area contributed by atoms with Gasteiger partial charge in [-0.2, -0.15) is 5.10 Å². The Balaban J connectivity index is 2.91. The standard InChI is InChI=1S/C8H7FN2/c1-5-2-6-4-10-11-8(6)7(9)3-5/h2-4H,1H3,(H,10,11). The molecule has 0 amide bonds. The van der Waals surface area contributed by atoms with Crippen LogP contribution in [0.4, 0.5) is 4.39 Å². The topological polar surface area (TPSA) is 28.7 Å². The number of halogens is 1. The maximum Gasteiger partial charge on any atom is 0.149 e. The van der Waals surface area contributed by atoms with Crippen LogP contribution in [0.1, 0.15) is 5.56 Å². The first kappa shape index (κ1) is 6.34. The maximum absolute atomic E-state index is 13.0. The predicted molar refractivity (Wildman–Crippen MR) is 40.8 cm³/mol. The lowest BCUT2D eigenvalue weighted by Gasteiger charge is -1.93. The maximum atomic E-state index is 13.0. The highest BCUT2D eigenvalue weighted by atomic mass is 19.1. The van der Waals surface area contributed by atoms with Gasteiger partial charge in [0, 0.05) is 5.39 Å². The average Bonchev–Trinajstić information content (AvgIpc) is 2.34. The minimum absolute atomic E-state index is 0.238. The fourth-order valence-corrected chi connectivity index (χ4v) is 1.16. The smallest absolute Gasteiger partial charge is 0.149 e. The normalized spacial score (nSPS) is 10.7. The molecule has 11 heavy (non-hydrogen) atoms. The van der Waals surface area contributed by atoms with Crippen molar-refractivity contribution in [2.75, 3.05) is 0 Å². The minimum atomic E-state index is -0.238. The first-order valence-corrected chi connectivity index (χ1v) is 3.36. The van der Waals surface area contributed by atoms with Gasteiger partial charge < -0.3 is 0 Å². The third kappa shape index (κ3) is 0.888. The minimum Gasteiger partial charge on any atom is -0.275 e. The van der Waals surface area contributed by atoms with Gasteiger partial charge in [0.15, 0.2) is 0 Å². The lowest BCUT2D eigenvalue weighted by Crippen LogP contribution is -1.79. The summed E-state index contributed by atoms with van der Waals surface area (Å²) in [5.74, 6) is -0.238. The van der Waals surface area contributed by atoms with E-state index in [1.54, 1.807) is 6.20 Å². The molecule has 0 saturated heterocycles. The molecular formula is C8H7FN2. The molecule has 2 nitrogen and oxygen atoms in total. The van der Waals surface area contributed by atoms with Crippen LogP contribution in [-0.4, -0.2) is 10.2 Å². The monoisotopic (exact) mass is 150 g/mol. The molecule has 0 radical (unpaired) electrons. The van der Waals surface area contributed by atoms with Gasteiger partial charge in [-0.1, -0.05) is 0 Å². The van der Waals surface area contributed by atoms with Crippen molar-refractivity contribution in [3.63, 3.8) is 0 Å². The van der Waals surface area contributed by atoms with E-state index in [-0.39, 0.29) is 5.82 Å². The summed E-state index contributed by atoms with van der Waals surface area (Å²) in [5, 5.41) is 7.15. The van der Waals surface area contributed by atoms with Crippen LogP contribution >= 0.6 is 0 Å². The Morgan fingerprint density at radius 1 is 1.45 bits per heavy atom. The van der Waals surface area contributed by atoms with Gasteiger partial charge in [0.1, 0.15) is 11.3 Å². The number of H-pyrrole nitrogens is 1. The summed E-state index contributed by atoms with van der Waals surface area (Å²) >= 11 is 0. The van der Waals surface area contributed by atoms with E-state index >= 15 is 0 Å². The number of rotatable bonds is 0. The van der Waals surface area contributed by atoms with Gasteiger partial charge in [-0.25, -0.2) is 4.39 Å². The summed E-state index contributed by atoms with van der Waals surface area (Å²) in [6.45, 7) is 1.86. The predicted octanol–water partition coefficient (Wildman–Crippen LogP) is 2.01. The number of aryl methyl sites for hydroxylation is 1. The summed E-state index contributed by atoms with van der Waals surface area (Å²) in [5.41, 5.74) is 1.40. The Bertz CT molecular complexity index is 392. The SMILES string of the molecule is Cc1cc(F)c2[nH]ncc2c1. The molecule has 56 valence electrons. The van der Waals surface area contributed by atoms with Crippen molar-refractivity contribution in [2.24, 2.45) is 0 Å². The van der Waals surface area contributed by atoms with E-state index in [0.29, 0.717) is 5.52 Å². The van der Waals surface area contributed by atoms with Gasteiger partial charge in [-0.05, 0) is 24.6 Å². The molecule has 0 spiro atoms. The van der Waals surface area contributed by atoms with Gasteiger partial charge >= 0.3 is 0 Å². The highest BCUT2D eigenvalue weighted by Crippen LogP contribution is 2.16. The molecule has 1 heterocycles. The van der Waals surface area contributed by atoms with Gasteiger partial charge in [0.2, 0.25) is 0 Å². The summed E-state index contributed by atoms with van der Waals surface area (Å²) in [6, 6.07) is 3.38. The van der Waals surface area contributed by atoms with Crippen LogP contribution in [0.25, 0.3) is 10.9 Å². The molecular weight excluding hydrogens is 143 g/mol.